The van der Waals surface area contributed by atoms with Crippen molar-refractivity contribution in [2.24, 2.45) is 0 Å². The maximum absolute atomic E-state index is 13.1. The van der Waals surface area contributed by atoms with Gasteiger partial charge in [-0.25, -0.2) is 0 Å². The number of ether oxygens (including phenoxy) is 4. The molecule has 7 nitrogen and oxygen atoms in total. The van der Waals surface area contributed by atoms with Gasteiger partial charge in [0.2, 0.25) is 5.91 Å². The lowest BCUT2D eigenvalue weighted by atomic mass is 9.77. The highest BCUT2D eigenvalue weighted by molar-refractivity contribution is 5.80. The predicted octanol–water partition coefficient (Wildman–Crippen LogP) is 3.31. The molecule has 1 heterocycles. The number of nitrogens with zero attached hydrogens (tertiary/aromatic N) is 2. The highest BCUT2D eigenvalue weighted by Crippen LogP contribution is 2.42. The van der Waals surface area contributed by atoms with E-state index in [1.54, 1.807) is 18.2 Å². The highest BCUT2D eigenvalue weighted by atomic mass is 16.5. The molecule has 1 aliphatic carbocycles. The Morgan fingerprint density at radius 2 is 1.59 bits per heavy atom. The van der Waals surface area contributed by atoms with E-state index in [9.17, 15) is 4.79 Å². The lowest BCUT2D eigenvalue weighted by Gasteiger charge is -2.34. The molecule has 1 atom stereocenters. The summed E-state index contributed by atoms with van der Waals surface area (Å²) in [6.45, 7) is -8.05. The van der Waals surface area contributed by atoms with Crippen LogP contribution in [0.25, 0.3) is 0 Å². The van der Waals surface area contributed by atoms with Gasteiger partial charge in [-0.15, -0.1) is 0 Å². The Labute approximate surface area is 212 Å². The Kier molecular flexibility index (Phi) is 5.17. The molecule has 2 aromatic carbocycles. The second kappa shape index (κ2) is 10.6. The summed E-state index contributed by atoms with van der Waals surface area (Å²) in [5, 5.41) is 0. The van der Waals surface area contributed by atoms with Gasteiger partial charge in [-0.1, -0.05) is 0 Å². The van der Waals surface area contributed by atoms with Crippen LogP contribution < -0.4 is 18.9 Å². The average Bonchev–Trinajstić information content (AvgIpc) is 3.02. The van der Waals surface area contributed by atoms with Gasteiger partial charge in [-0.2, -0.15) is 0 Å². The fourth-order valence-electron chi connectivity index (χ4n) is 4.50. The summed E-state index contributed by atoms with van der Waals surface area (Å²) in [5.74, 6) is 0.775. The van der Waals surface area contributed by atoms with Gasteiger partial charge in [0.05, 0.1) is 34.9 Å². The minimum Gasteiger partial charge on any atom is -0.493 e. The molecule has 0 spiro atoms. The van der Waals surface area contributed by atoms with Crippen molar-refractivity contribution in [1.82, 2.24) is 9.80 Å². The molecule has 0 N–H and O–H groups in total. The molecule has 0 fully saturated rings. The van der Waals surface area contributed by atoms with Crippen molar-refractivity contribution in [3.8, 4) is 23.0 Å². The summed E-state index contributed by atoms with van der Waals surface area (Å²) in [4.78, 5) is 15.0. The van der Waals surface area contributed by atoms with E-state index in [2.05, 4.69) is 0 Å². The van der Waals surface area contributed by atoms with E-state index in [-0.39, 0.29) is 25.3 Å². The van der Waals surface area contributed by atoms with E-state index in [0.29, 0.717) is 46.4 Å². The van der Waals surface area contributed by atoms with E-state index in [1.807, 2.05) is 6.07 Å². The first-order valence-corrected chi connectivity index (χ1v) is 11.2. The zero-order chi connectivity index (χ0) is 30.3. The highest BCUT2D eigenvalue weighted by Gasteiger charge is 2.29. The van der Waals surface area contributed by atoms with Crippen molar-refractivity contribution in [2.75, 3.05) is 61.5 Å². The minimum atomic E-state index is -3.09. The third-order valence-corrected chi connectivity index (χ3v) is 6.43. The third-order valence-electron chi connectivity index (χ3n) is 6.43. The molecule has 0 bridgehead atoms. The van der Waals surface area contributed by atoms with Crippen LogP contribution in [0.5, 0.6) is 23.0 Å². The number of hydrogen-bond donors (Lipinski definition) is 0. The molecule has 2 aliphatic rings. The molecule has 0 aromatic heterocycles. The second-order valence-electron chi connectivity index (χ2n) is 8.32. The number of likely N-dealkylation sites (N-methyl/N-ethyl adjacent to an activating group) is 1. The fraction of sp³-hybridized carbons (Fsp3) is 0.519. The molecular weight excluding hydrogens is 432 g/mol. The van der Waals surface area contributed by atoms with E-state index >= 15 is 0 Å². The van der Waals surface area contributed by atoms with E-state index < -0.39 is 32.3 Å². The van der Waals surface area contributed by atoms with Gasteiger partial charge >= 0.3 is 0 Å². The number of rotatable bonds is 10. The molecule has 184 valence electrons. The first kappa shape index (κ1) is 16.7. The van der Waals surface area contributed by atoms with Crippen LogP contribution in [0.3, 0.4) is 0 Å². The molecule has 0 saturated carbocycles. The Morgan fingerprint density at radius 3 is 2.24 bits per heavy atom. The number of benzene rings is 2. The zero-order valence-electron chi connectivity index (χ0n) is 27.1. The van der Waals surface area contributed by atoms with Crippen LogP contribution >= 0.6 is 0 Å². The quantitative estimate of drug-likeness (QED) is 0.526. The van der Waals surface area contributed by atoms with E-state index in [1.165, 1.54) is 33.3 Å². The summed E-state index contributed by atoms with van der Waals surface area (Å²) in [7, 11) is 5.99. The number of amides is 1. The molecule has 2 aromatic rings. The van der Waals surface area contributed by atoms with Crippen LogP contribution in [0.1, 0.15) is 44.2 Å². The summed E-state index contributed by atoms with van der Waals surface area (Å²) >= 11 is 0. The monoisotopic (exact) mass is 475 g/mol. The Bertz CT molecular complexity index is 1300. The largest absolute Gasteiger partial charge is 0.493 e. The summed E-state index contributed by atoms with van der Waals surface area (Å²) < 4.78 is 81.0. The lowest BCUT2D eigenvalue weighted by molar-refractivity contribution is -0.130. The van der Waals surface area contributed by atoms with Crippen molar-refractivity contribution in [1.29, 1.82) is 0 Å². The maximum Gasteiger partial charge on any atom is 0.227 e. The van der Waals surface area contributed by atoms with Gasteiger partial charge in [-0.3, -0.25) is 4.79 Å². The van der Waals surface area contributed by atoms with Gasteiger partial charge < -0.3 is 28.7 Å². The van der Waals surface area contributed by atoms with Crippen LogP contribution in [-0.4, -0.2) is 77.2 Å². The normalized spacial score (nSPS) is 21.2. The van der Waals surface area contributed by atoms with Crippen LogP contribution in [0.15, 0.2) is 24.3 Å². The Hall–Kier alpha value is -2.93. The van der Waals surface area contributed by atoms with E-state index in [4.69, 9.17) is 28.5 Å². The van der Waals surface area contributed by atoms with Crippen molar-refractivity contribution >= 4 is 5.91 Å². The number of fused-ring (bicyclic) bond motifs is 2. The fourth-order valence-corrected chi connectivity index (χ4v) is 4.50. The molecule has 0 saturated heterocycles. The number of carbonyl (C=O) groups is 1. The predicted molar refractivity (Wildman–Crippen MR) is 132 cm³/mol. The molecule has 4 rings (SSSR count). The summed E-state index contributed by atoms with van der Waals surface area (Å²) in [6.07, 6.45) is 0.386. The van der Waals surface area contributed by atoms with Gasteiger partial charge in [0.1, 0.15) is 0 Å². The number of hydrogen-bond acceptors (Lipinski definition) is 6. The van der Waals surface area contributed by atoms with Crippen molar-refractivity contribution in [3.05, 3.63) is 46.5 Å². The van der Waals surface area contributed by atoms with Crippen LogP contribution in [0, 0.1) is 0 Å². The standard InChI is InChI=1S/C27H36N2O5/c1-28(17-21-11-20-14-25(33-4)26(34-5)16-22(20)21)8-6-9-29-10-7-18-12-23(31-2)24(32-3)13-19(18)15-27(29)30/h12-14,16,21H,6-11,15,17H2,1-5H3/i1D3,8D2,17D2. The topological polar surface area (TPSA) is 60.5 Å². The van der Waals surface area contributed by atoms with Gasteiger partial charge in [-0.05, 0) is 79.3 Å². The zero-order valence-corrected chi connectivity index (χ0v) is 20.1. The summed E-state index contributed by atoms with van der Waals surface area (Å²) in [5.41, 5.74) is 3.03. The molecule has 34 heavy (non-hydrogen) atoms. The van der Waals surface area contributed by atoms with Gasteiger partial charge in [0.25, 0.3) is 0 Å². The number of carbonyl (C=O) groups excluding carboxylic acids is 1. The Morgan fingerprint density at radius 1 is 0.971 bits per heavy atom. The average molecular weight is 476 g/mol. The van der Waals surface area contributed by atoms with Crippen molar-refractivity contribution in [2.45, 2.75) is 31.6 Å². The van der Waals surface area contributed by atoms with Gasteiger partial charge in [0, 0.05) is 35.1 Å². The first-order valence-electron chi connectivity index (χ1n) is 14.7. The second-order valence-corrected chi connectivity index (χ2v) is 8.32. The Balaban J connectivity index is 1.54. The first-order chi connectivity index (χ1) is 19.2. The molecule has 1 amide bonds. The van der Waals surface area contributed by atoms with Crippen molar-refractivity contribution < 1.29 is 33.3 Å². The third kappa shape index (κ3) is 4.94. The molecule has 1 unspecified atom stereocenters. The molecule has 0 radical (unpaired) electrons. The molecular formula is C27H36N2O5. The molecule has 7 heteroatoms. The summed E-state index contributed by atoms with van der Waals surface area (Å²) in [6, 6.07) is 6.94. The molecule has 1 aliphatic heterocycles. The van der Waals surface area contributed by atoms with Crippen LogP contribution in [-0.2, 0) is 24.1 Å². The van der Waals surface area contributed by atoms with Crippen LogP contribution in [0.4, 0.5) is 0 Å². The SMILES string of the molecule is [2H]C([2H])([2H])N(C([2H])([2H])CCN1CCc2cc(OC)c(OC)cc2CC1=O)C([2H])([2H])C1Cc2cc(OC)c(OC)cc21. The van der Waals surface area contributed by atoms with Gasteiger partial charge in [0.15, 0.2) is 23.0 Å². The van der Waals surface area contributed by atoms with E-state index in [0.717, 1.165) is 16.7 Å². The minimum absolute atomic E-state index is 0.0760. The number of methoxy groups -OCH3 is 4. The van der Waals surface area contributed by atoms with Crippen molar-refractivity contribution in [3.63, 3.8) is 0 Å². The maximum atomic E-state index is 13.1. The smallest absolute Gasteiger partial charge is 0.227 e. The van der Waals surface area contributed by atoms with Crippen LogP contribution in [0.2, 0.25) is 0 Å². The lowest BCUT2D eigenvalue weighted by Crippen LogP contribution is -2.36.